The molecule has 1 aromatic carbocycles. The Morgan fingerprint density at radius 3 is 1.25 bits per heavy atom. The third-order valence-electron chi connectivity index (χ3n) is 6.52. The minimum atomic E-state index is -0.363. The average molecular weight is 688 g/mol. The number of ether oxygens (including phenoxy) is 10. The summed E-state index contributed by atoms with van der Waals surface area (Å²) >= 11 is 0. The Morgan fingerprint density at radius 1 is 0.479 bits per heavy atom. The molecule has 1 N–H and O–H groups in total. The Morgan fingerprint density at radius 2 is 0.854 bits per heavy atom. The minimum absolute atomic E-state index is 0.163. The predicted octanol–water partition coefficient (Wildman–Crippen LogP) is 4.31. The van der Waals surface area contributed by atoms with E-state index in [9.17, 15) is 9.59 Å². The summed E-state index contributed by atoms with van der Waals surface area (Å²) in [5.74, 6) is -0.526. The topological polar surface area (TPSA) is 138 Å². The van der Waals surface area contributed by atoms with Gasteiger partial charge < -0.3 is 52.7 Å². The highest BCUT2D eigenvalue weighted by Gasteiger charge is 2.07. The number of rotatable bonds is 36. The summed E-state index contributed by atoms with van der Waals surface area (Å²) in [7, 11) is 0. The summed E-state index contributed by atoms with van der Waals surface area (Å²) in [6.07, 6.45) is 5.72. The molecular weight excluding hydrogens is 626 g/mol. The number of hydrogen-bond acceptors (Lipinski definition) is 13. The Hall–Kier alpha value is -2.36. The van der Waals surface area contributed by atoms with Crippen molar-refractivity contribution in [3.05, 3.63) is 29.8 Å². The maximum Gasteiger partial charge on any atom is 0.338 e. The lowest BCUT2D eigenvalue weighted by atomic mass is 10.2. The van der Waals surface area contributed by atoms with E-state index >= 15 is 0 Å². The fourth-order valence-corrected chi connectivity index (χ4v) is 3.86. The lowest BCUT2D eigenvalue weighted by molar-refractivity contribution is -0.145. The highest BCUT2D eigenvalue weighted by Crippen LogP contribution is 2.11. The van der Waals surface area contributed by atoms with Crippen LogP contribution in [0.4, 0.5) is 5.69 Å². The fourth-order valence-electron chi connectivity index (χ4n) is 3.86. The van der Waals surface area contributed by atoms with E-state index in [0.29, 0.717) is 118 Å². The van der Waals surface area contributed by atoms with E-state index in [0.717, 1.165) is 44.3 Å². The zero-order valence-electron chi connectivity index (χ0n) is 29.4. The second-order valence-electron chi connectivity index (χ2n) is 10.6. The molecule has 0 spiro atoms. The van der Waals surface area contributed by atoms with Gasteiger partial charge in [-0.3, -0.25) is 4.79 Å². The molecule has 1 rings (SSSR count). The van der Waals surface area contributed by atoms with Crippen LogP contribution in [0.2, 0.25) is 0 Å². The van der Waals surface area contributed by atoms with Crippen LogP contribution in [0.25, 0.3) is 0 Å². The molecule has 0 aromatic heterocycles. The molecule has 0 heterocycles. The Kier molecular flexibility index (Phi) is 31.4. The molecule has 0 radical (unpaired) electrons. The second-order valence-corrected chi connectivity index (χ2v) is 10.6. The summed E-state index contributed by atoms with van der Waals surface area (Å²) < 4.78 is 53.9. The van der Waals surface area contributed by atoms with Gasteiger partial charge in [0.15, 0.2) is 0 Å². The molecule has 0 fully saturated rings. The molecule has 0 aliphatic rings. The largest absolute Gasteiger partial charge is 0.463 e. The van der Waals surface area contributed by atoms with Gasteiger partial charge >= 0.3 is 11.9 Å². The molecule has 0 bridgehead atoms. The van der Waals surface area contributed by atoms with Gasteiger partial charge in [-0.1, -0.05) is 33.1 Å². The number of benzene rings is 1. The van der Waals surface area contributed by atoms with Crippen LogP contribution in [-0.4, -0.2) is 137 Å². The second kappa shape index (κ2) is 34.5. The number of unbranched alkanes of at least 4 members (excludes halogenated alkanes) is 3. The van der Waals surface area contributed by atoms with Crippen molar-refractivity contribution in [1.82, 2.24) is 0 Å². The van der Waals surface area contributed by atoms with Crippen molar-refractivity contribution in [3.63, 3.8) is 0 Å². The van der Waals surface area contributed by atoms with Gasteiger partial charge in [-0.15, -0.1) is 0 Å². The predicted molar refractivity (Wildman–Crippen MR) is 182 cm³/mol. The number of hydrogen-bond donors (Lipinski definition) is 1. The molecule has 1 aromatic rings. The molecule has 0 unspecified atom stereocenters. The molecule has 48 heavy (non-hydrogen) atoms. The third-order valence-corrected chi connectivity index (χ3v) is 6.52. The van der Waals surface area contributed by atoms with Crippen LogP contribution >= 0.6 is 0 Å². The van der Waals surface area contributed by atoms with Crippen molar-refractivity contribution < 1.29 is 57.0 Å². The van der Waals surface area contributed by atoms with E-state index in [-0.39, 0.29) is 25.2 Å². The van der Waals surface area contributed by atoms with Crippen LogP contribution in [0.15, 0.2) is 24.3 Å². The van der Waals surface area contributed by atoms with Gasteiger partial charge in [-0.2, -0.15) is 0 Å². The normalized spacial score (nSPS) is 11.1. The number of anilines is 1. The van der Waals surface area contributed by atoms with Crippen LogP contribution in [0.5, 0.6) is 0 Å². The molecule has 0 atom stereocenters. The van der Waals surface area contributed by atoms with E-state index in [4.69, 9.17) is 47.4 Å². The molecular formula is C35H61NO12. The van der Waals surface area contributed by atoms with Crippen molar-refractivity contribution >= 4 is 17.6 Å². The van der Waals surface area contributed by atoms with Gasteiger partial charge in [0, 0.05) is 18.7 Å². The SMILES string of the molecule is CCCCCC(=O)OCCOCCOCCOCCOCCOCCOCCOCCOCCOC(=O)c1ccc(NCCCC)cc1. The highest BCUT2D eigenvalue weighted by atomic mass is 16.6. The quantitative estimate of drug-likeness (QED) is 0.0793. The summed E-state index contributed by atoms with van der Waals surface area (Å²) in [6.45, 7) is 12.8. The van der Waals surface area contributed by atoms with Crippen molar-refractivity contribution in [1.29, 1.82) is 0 Å². The monoisotopic (exact) mass is 687 g/mol. The molecule has 278 valence electrons. The summed E-state index contributed by atoms with van der Waals surface area (Å²) in [6, 6.07) is 7.28. The number of esters is 2. The molecule has 0 aliphatic carbocycles. The molecule has 13 heteroatoms. The van der Waals surface area contributed by atoms with Crippen LogP contribution in [-0.2, 0) is 52.2 Å². The van der Waals surface area contributed by atoms with Crippen molar-refractivity contribution in [2.75, 3.05) is 131 Å². The van der Waals surface area contributed by atoms with Gasteiger partial charge in [0.2, 0.25) is 0 Å². The molecule has 0 amide bonds. The van der Waals surface area contributed by atoms with E-state index in [1.54, 1.807) is 12.1 Å². The number of carbonyl (C=O) groups excluding carboxylic acids is 2. The molecule has 13 nitrogen and oxygen atoms in total. The third kappa shape index (κ3) is 28.6. The maximum atomic E-state index is 12.1. The van der Waals surface area contributed by atoms with Crippen LogP contribution in [0, 0.1) is 0 Å². The summed E-state index contributed by atoms with van der Waals surface area (Å²) in [5, 5.41) is 3.32. The zero-order chi connectivity index (χ0) is 34.6. The highest BCUT2D eigenvalue weighted by molar-refractivity contribution is 5.89. The van der Waals surface area contributed by atoms with Gasteiger partial charge in [0.1, 0.15) is 13.2 Å². The minimum Gasteiger partial charge on any atom is -0.463 e. The van der Waals surface area contributed by atoms with Gasteiger partial charge in [0.05, 0.1) is 111 Å². The summed E-state index contributed by atoms with van der Waals surface area (Å²) in [4.78, 5) is 23.6. The van der Waals surface area contributed by atoms with Crippen molar-refractivity contribution in [2.45, 2.75) is 52.4 Å². The standard InChI is InChI=1S/C35H61NO12/c1-3-5-7-8-34(37)47-30-28-45-26-24-43-22-20-41-18-16-39-14-15-40-17-19-42-21-23-44-25-27-46-29-31-48-35(38)32-9-11-33(12-10-32)36-13-6-4-2/h9-12,36H,3-8,13-31H2,1-2H3. The smallest absolute Gasteiger partial charge is 0.338 e. The van der Waals surface area contributed by atoms with E-state index in [1.807, 2.05) is 12.1 Å². The van der Waals surface area contributed by atoms with Gasteiger partial charge in [0.25, 0.3) is 0 Å². The number of nitrogens with one attached hydrogen (secondary N) is 1. The van der Waals surface area contributed by atoms with Crippen LogP contribution in [0.1, 0.15) is 62.7 Å². The molecule has 0 saturated carbocycles. The Labute approximate surface area is 287 Å². The van der Waals surface area contributed by atoms with E-state index in [2.05, 4.69) is 19.2 Å². The molecule has 0 saturated heterocycles. The molecule has 0 aliphatic heterocycles. The Bertz CT molecular complexity index is 858. The lowest BCUT2D eigenvalue weighted by Crippen LogP contribution is -2.15. The zero-order valence-corrected chi connectivity index (χ0v) is 29.4. The maximum absolute atomic E-state index is 12.1. The Balaban J connectivity index is 1.72. The number of carbonyl (C=O) groups is 2. The van der Waals surface area contributed by atoms with Crippen LogP contribution in [0.3, 0.4) is 0 Å². The van der Waals surface area contributed by atoms with Crippen molar-refractivity contribution in [3.8, 4) is 0 Å². The van der Waals surface area contributed by atoms with E-state index in [1.165, 1.54) is 0 Å². The van der Waals surface area contributed by atoms with Gasteiger partial charge in [-0.05, 0) is 37.1 Å². The first-order valence-electron chi connectivity index (χ1n) is 17.5. The van der Waals surface area contributed by atoms with E-state index < -0.39 is 0 Å². The van der Waals surface area contributed by atoms with Crippen LogP contribution < -0.4 is 5.32 Å². The van der Waals surface area contributed by atoms with Gasteiger partial charge in [-0.25, -0.2) is 4.79 Å². The summed E-state index contributed by atoms with van der Waals surface area (Å²) in [5.41, 5.74) is 1.51. The lowest BCUT2D eigenvalue weighted by Gasteiger charge is -2.09. The first kappa shape index (κ1) is 43.7. The first-order valence-corrected chi connectivity index (χ1v) is 17.5. The first-order chi connectivity index (χ1) is 23.7. The fraction of sp³-hybridized carbons (Fsp3) is 0.771. The van der Waals surface area contributed by atoms with Crippen molar-refractivity contribution in [2.24, 2.45) is 0 Å². The average Bonchev–Trinajstić information content (AvgIpc) is 3.10.